The number of nitrogens with one attached hydrogen (secondary N) is 1. The van der Waals surface area contributed by atoms with Gasteiger partial charge in [0.25, 0.3) is 10.0 Å². The third-order valence-electron chi connectivity index (χ3n) is 3.51. The summed E-state index contributed by atoms with van der Waals surface area (Å²) in [5.41, 5.74) is 8.16. The molecule has 3 aromatic rings. The largest absolute Gasteiger partial charge is 0.384 e. The number of halogens is 1. The van der Waals surface area contributed by atoms with Gasteiger partial charge in [-0.3, -0.25) is 4.72 Å². The summed E-state index contributed by atoms with van der Waals surface area (Å²) < 4.78 is 28.2. The van der Waals surface area contributed by atoms with Crippen LogP contribution in [0.3, 0.4) is 0 Å². The van der Waals surface area contributed by atoms with Crippen molar-refractivity contribution in [1.29, 1.82) is 0 Å². The summed E-state index contributed by atoms with van der Waals surface area (Å²) in [6, 6.07) is 15.5. The number of sulfonamides is 1. The van der Waals surface area contributed by atoms with E-state index in [4.69, 9.17) is 5.73 Å². The smallest absolute Gasteiger partial charge is 0.280 e. The maximum atomic E-state index is 12.5. The monoisotopic (exact) mass is 418 g/mol. The van der Waals surface area contributed by atoms with E-state index in [0.717, 1.165) is 15.6 Å². The highest BCUT2D eigenvalue weighted by molar-refractivity contribution is 9.10. The van der Waals surface area contributed by atoms with Gasteiger partial charge in [0.2, 0.25) is 0 Å². The van der Waals surface area contributed by atoms with Crippen molar-refractivity contribution < 1.29 is 8.42 Å². The third-order valence-corrected chi connectivity index (χ3v) is 5.40. The van der Waals surface area contributed by atoms with Crippen molar-refractivity contribution in [2.24, 2.45) is 0 Å². The van der Waals surface area contributed by atoms with E-state index in [1.165, 1.54) is 18.2 Å². The fraction of sp³-hybridized carbons (Fsp3) is 0.0588. The number of hydrogen-bond acceptors (Lipinski definition) is 5. The molecule has 128 valence electrons. The predicted molar refractivity (Wildman–Crippen MR) is 102 cm³/mol. The van der Waals surface area contributed by atoms with Crippen molar-refractivity contribution in [1.82, 2.24) is 9.97 Å². The Kier molecular flexibility index (Phi) is 4.73. The molecule has 0 atom stereocenters. The number of aryl methyl sites for hydroxylation is 1. The lowest BCUT2D eigenvalue weighted by molar-refractivity contribution is 0.597. The summed E-state index contributed by atoms with van der Waals surface area (Å²) in [7, 11) is -3.88. The average Bonchev–Trinajstić information content (AvgIpc) is 2.57. The van der Waals surface area contributed by atoms with Gasteiger partial charge in [-0.2, -0.15) is 8.42 Å². The molecule has 25 heavy (non-hydrogen) atoms. The molecule has 8 heteroatoms. The summed E-state index contributed by atoms with van der Waals surface area (Å²) >= 11 is 3.47. The highest BCUT2D eigenvalue weighted by Crippen LogP contribution is 2.30. The number of nitrogens with zero attached hydrogens (tertiary/aromatic N) is 2. The zero-order chi connectivity index (χ0) is 18.0. The summed E-state index contributed by atoms with van der Waals surface area (Å²) in [6.45, 7) is 1.97. The molecule has 0 bridgehead atoms. The van der Waals surface area contributed by atoms with Crippen molar-refractivity contribution in [3.63, 3.8) is 0 Å². The summed E-state index contributed by atoms with van der Waals surface area (Å²) in [5.74, 6) is 0.331. The average molecular weight is 419 g/mol. The Bertz CT molecular complexity index is 1040. The van der Waals surface area contributed by atoms with Crippen LogP contribution >= 0.6 is 15.9 Å². The van der Waals surface area contributed by atoms with E-state index in [2.05, 4.69) is 30.6 Å². The number of nitrogens with two attached hydrogens (primary N) is 1. The van der Waals surface area contributed by atoms with Crippen LogP contribution in [0.25, 0.3) is 11.3 Å². The van der Waals surface area contributed by atoms with Crippen molar-refractivity contribution in [2.45, 2.75) is 11.9 Å². The number of nitrogen functional groups attached to an aromatic ring is 1. The Hall–Kier alpha value is -2.45. The molecule has 6 nitrogen and oxygen atoms in total. The summed E-state index contributed by atoms with van der Waals surface area (Å²) in [5, 5.41) is -0.158. The van der Waals surface area contributed by atoms with Crippen LogP contribution in [-0.4, -0.2) is 18.4 Å². The van der Waals surface area contributed by atoms with E-state index in [0.29, 0.717) is 5.69 Å². The first-order valence-corrected chi connectivity index (χ1v) is 9.62. The van der Waals surface area contributed by atoms with Crippen LogP contribution in [0.1, 0.15) is 5.56 Å². The molecule has 0 saturated carbocycles. The number of anilines is 2. The summed E-state index contributed by atoms with van der Waals surface area (Å²) in [4.78, 5) is 8.28. The number of rotatable bonds is 4. The van der Waals surface area contributed by atoms with Gasteiger partial charge in [0.05, 0.1) is 5.69 Å². The zero-order valence-corrected chi connectivity index (χ0v) is 15.7. The van der Waals surface area contributed by atoms with Gasteiger partial charge in [-0.1, -0.05) is 30.3 Å². The van der Waals surface area contributed by atoms with E-state index < -0.39 is 10.0 Å². The zero-order valence-electron chi connectivity index (χ0n) is 13.3. The van der Waals surface area contributed by atoms with Crippen LogP contribution < -0.4 is 10.5 Å². The van der Waals surface area contributed by atoms with Gasteiger partial charge in [0, 0.05) is 10.0 Å². The van der Waals surface area contributed by atoms with Crippen LogP contribution in [0.15, 0.2) is 64.1 Å². The molecule has 0 spiro atoms. The molecule has 0 aliphatic heterocycles. The topological polar surface area (TPSA) is 98.0 Å². The second-order valence-corrected chi connectivity index (χ2v) is 7.83. The Morgan fingerprint density at radius 3 is 2.48 bits per heavy atom. The van der Waals surface area contributed by atoms with Crippen molar-refractivity contribution >= 4 is 37.6 Å². The van der Waals surface area contributed by atoms with Gasteiger partial charge in [-0.25, -0.2) is 9.97 Å². The molecule has 0 aliphatic carbocycles. The number of pyridine rings is 2. The van der Waals surface area contributed by atoms with Gasteiger partial charge in [0.1, 0.15) is 11.6 Å². The highest BCUT2D eigenvalue weighted by Gasteiger charge is 2.18. The molecule has 0 aliphatic rings. The normalized spacial score (nSPS) is 11.3. The van der Waals surface area contributed by atoms with E-state index in [1.807, 2.05) is 31.2 Å². The van der Waals surface area contributed by atoms with Crippen molar-refractivity contribution in [3.05, 3.63) is 64.6 Å². The second-order valence-electron chi connectivity index (χ2n) is 5.35. The third kappa shape index (κ3) is 3.80. The molecular weight excluding hydrogens is 404 g/mol. The molecule has 0 amide bonds. The van der Waals surface area contributed by atoms with E-state index in [-0.39, 0.29) is 16.7 Å². The van der Waals surface area contributed by atoms with Gasteiger partial charge < -0.3 is 5.73 Å². The minimum atomic E-state index is -3.88. The van der Waals surface area contributed by atoms with E-state index >= 15 is 0 Å². The van der Waals surface area contributed by atoms with Gasteiger partial charge in [-0.15, -0.1) is 0 Å². The lowest BCUT2D eigenvalue weighted by Crippen LogP contribution is -2.16. The molecule has 1 aromatic carbocycles. The molecule has 2 aromatic heterocycles. The highest BCUT2D eigenvalue weighted by atomic mass is 79.9. The van der Waals surface area contributed by atoms with Crippen LogP contribution in [-0.2, 0) is 10.0 Å². The second kappa shape index (κ2) is 6.81. The van der Waals surface area contributed by atoms with Crippen molar-refractivity contribution in [3.8, 4) is 11.3 Å². The Morgan fingerprint density at radius 1 is 1.00 bits per heavy atom. The number of aromatic nitrogens is 2. The lowest BCUT2D eigenvalue weighted by Gasteiger charge is -2.11. The van der Waals surface area contributed by atoms with Crippen LogP contribution in [0.5, 0.6) is 0 Å². The number of benzene rings is 1. The van der Waals surface area contributed by atoms with Gasteiger partial charge in [-0.05, 0) is 52.7 Å². The molecule has 0 saturated heterocycles. The quantitative estimate of drug-likeness (QED) is 0.674. The Labute approximate surface area is 154 Å². The minimum absolute atomic E-state index is 0.132. The minimum Gasteiger partial charge on any atom is -0.384 e. The number of hydrogen-bond donors (Lipinski definition) is 2. The van der Waals surface area contributed by atoms with E-state index in [1.54, 1.807) is 12.1 Å². The lowest BCUT2D eigenvalue weighted by atomic mass is 10.1. The van der Waals surface area contributed by atoms with Crippen LogP contribution in [0, 0.1) is 6.92 Å². The first-order valence-electron chi connectivity index (χ1n) is 7.35. The summed E-state index contributed by atoms with van der Waals surface area (Å²) in [6.07, 6.45) is 0. The first kappa shape index (κ1) is 17.4. The van der Waals surface area contributed by atoms with Gasteiger partial charge >= 0.3 is 0 Å². The molecule has 3 rings (SSSR count). The molecular formula is C17H15BrN4O2S. The van der Waals surface area contributed by atoms with Crippen LogP contribution in [0.4, 0.5) is 11.6 Å². The Morgan fingerprint density at radius 2 is 1.76 bits per heavy atom. The standard InChI is InChI=1S/C17H15BrN4O2S/c1-11-5-2-3-6-12(11)17-13(18)9-10-15(21-17)22-25(23,24)16-8-4-7-14(19)20-16/h2-10H,1H3,(H2,19,20)(H,21,22). The predicted octanol–water partition coefficient (Wildman–Crippen LogP) is 3.60. The first-order chi connectivity index (χ1) is 11.9. The fourth-order valence-electron chi connectivity index (χ4n) is 2.30. The molecule has 0 radical (unpaired) electrons. The molecule has 0 fully saturated rings. The maximum Gasteiger partial charge on any atom is 0.280 e. The molecule has 3 N–H and O–H groups in total. The van der Waals surface area contributed by atoms with Gasteiger partial charge in [0.15, 0.2) is 5.03 Å². The maximum absolute atomic E-state index is 12.5. The SMILES string of the molecule is Cc1ccccc1-c1nc(NS(=O)(=O)c2cccc(N)n2)ccc1Br. The molecule has 2 heterocycles. The Balaban J connectivity index is 2.00. The fourth-order valence-corrected chi connectivity index (χ4v) is 3.71. The van der Waals surface area contributed by atoms with Crippen LogP contribution in [0.2, 0.25) is 0 Å². The van der Waals surface area contributed by atoms with E-state index in [9.17, 15) is 8.42 Å². The van der Waals surface area contributed by atoms with Crippen molar-refractivity contribution in [2.75, 3.05) is 10.5 Å². The molecule has 0 unspecified atom stereocenters.